The summed E-state index contributed by atoms with van der Waals surface area (Å²) in [5, 5.41) is 0. The summed E-state index contributed by atoms with van der Waals surface area (Å²) in [7, 11) is 0. The van der Waals surface area contributed by atoms with Crippen LogP contribution in [0.3, 0.4) is 0 Å². The third-order valence-electron chi connectivity index (χ3n) is 3.47. The van der Waals surface area contributed by atoms with Crippen LogP contribution in [0.4, 0.5) is 0 Å². The summed E-state index contributed by atoms with van der Waals surface area (Å²) in [6, 6.07) is 0. The minimum absolute atomic E-state index is 0.924. The molecule has 0 heterocycles. The Morgan fingerprint density at radius 3 is 2.57 bits per heavy atom. The molecular formula is C14H26. The Morgan fingerprint density at radius 1 is 1.21 bits per heavy atom. The summed E-state index contributed by atoms with van der Waals surface area (Å²) >= 11 is 0. The van der Waals surface area contributed by atoms with Gasteiger partial charge in [-0.1, -0.05) is 58.1 Å². The lowest BCUT2D eigenvalue weighted by atomic mass is 9.83. The van der Waals surface area contributed by atoms with Gasteiger partial charge in [0.2, 0.25) is 0 Å². The van der Waals surface area contributed by atoms with Crippen molar-refractivity contribution >= 4 is 0 Å². The Morgan fingerprint density at radius 2 is 2.00 bits per heavy atom. The highest BCUT2D eigenvalue weighted by molar-refractivity contribution is 4.86. The van der Waals surface area contributed by atoms with Gasteiger partial charge in [-0.2, -0.15) is 0 Å². The zero-order valence-electron chi connectivity index (χ0n) is 9.97. The average molecular weight is 194 g/mol. The monoisotopic (exact) mass is 194 g/mol. The van der Waals surface area contributed by atoms with Crippen LogP contribution in [0.1, 0.15) is 65.2 Å². The minimum Gasteiger partial charge on any atom is -0.0885 e. The predicted molar refractivity (Wildman–Crippen MR) is 64.4 cm³/mol. The zero-order valence-corrected chi connectivity index (χ0v) is 9.97. The maximum atomic E-state index is 2.42. The van der Waals surface area contributed by atoms with Gasteiger partial charge in [-0.3, -0.25) is 0 Å². The second kappa shape index (κ2) is 7.09. The Labute approximate surface area is 89.8 Å². The number of rotatable bonds is 7. The third-order valence-corrected chi connectivity index (χ3v) is 3.47. The van der Waals surface area contributed by atoms with E-state index in [0.29, 0.717) is 0 Å². The van der Waals surface area contributed by atoms with E-state index in [4.69, 9.17) is 0 Å². The summed E-state index contributed by atoms with van der Waals surface area (Å²) in [5.41, 5.74) is 0. The molecule has 1 aliphatic carbocycles. The molecule has 0 aromatic rings. The third kappa shape index (κ3) is 4.83. The molecule has 0 amide bonds. The van der Waals surface area contributed by atoms with Gasteiger partial charge in [0.05, 0.1) is 0 Å². The predicted octanol–water partition coefficient (Wildman–Crippen LogP) is 4.95. The lowest BCUT2D eigenvalue weighted by Gasteiger charge is -2.23. The quantitative estimate of drug-likeness (QED) is 0.503. The van der Waals surface area contributed by atoms with E-state index in [1.165, 1.54) is 51.4 Å². The van der Waals surface area contributed by atoms with Crippen LogP contribution < -0.4 is 0 Å². The van der Waals surface area contributed by atoms with Gasteiger partial charge in [-0.15, -0.1) is 0 Å². The van der Waals surface area contributed by atoms with E-state index in [2.05, 4.69) is 26.0 Å². The van der Waals surface area contributed by atoms with E-state index in [-0.39, 0.29) is 0 Å². The largest absolute Gasteiger partial charge is 0.0885 e. The maximum absolute atomic E-state index is 2.42. The Hall–Kier alpha value is -0.260. The highest BCUT2D eigenvalue weighted by Crippen LogP contribution is 2.29. The number of hydrogen-bond donors (Lipinski definition) is 0. The molecular weight excluding hydrogens is 168 g/mol. The van der Waals surface area contributed by atoms with E-state index < -0.39 is 0 Å². The normalized spacial score (nSPS) is 19.9. The van der Waals surface area contributed by atoms with Crippen LogP contribution in [0.5, 0.6) is 0 Å². The first-order chi connectivity index (χ1) is 6.83. The average Bonchev–Trinajstić information content (AvgIpc) is 2.08. The fourth-order valence-electron chi connectivity index (χ4n) is 2.15. The lowest BCUT2D eigenvalue weighted by Crippen LogP contribution is -2.08. The topological polar surface area (TPSA) is 0 Å². The number of allylic oxidation sites excluding steroid dienone is 2. The lowest BCUT2D eigenvalue weighted by molar-refractivity contribution is 0.319. The molecule has 1 unspecified atom stereocenters. The summed E-state index contributed by atoms with van der Waals surface area (Å²) in [6.45, 7) is 4.66. The van der Waals surface area contributed by atoms with Gasteiger partial charge in [0.1, 0.15) is 0 Å². The molecule has 1 fully saturated rings. The molecule has 1 aliphatic rings. The van der Waals surface area contributed by atoms with Crippen molar-refractivity contribution in [3.05, 3.63) is 12.2 Å². The molecule has 0 N–H and O–H groups in total. The van der Waals surface area contributed by atoms with Gasteiger partial charge in [0.15, 0.2) is 0 Å². The van der Waals surface area contributed by atoms with Crippen LogP contribution in [0.15, 0.2) is 12.2 Å². The van der Waals surface area contributed by atoms with E-state index in [1.54, 1.807) is 0 Å². The molecule has 0 bridgehead atoms. The Bertz CT molecular complexity index is 153. The molecule has 0 aromatic carbocycles. The minimum atomic E-state index is 0.924. The molecule has 82 valence electrons. The molecule has 1 saturated carbocycles. The molecule has 1 atom stereocenters. The van der Waals surface area contributed by atoms with E-state index >= 15 is 0 Å². The molecule has 0 aliphatic heterocycles. The second-order valence-corrected chi connectivity index (χ2v) is 4.98. The van der Waals surface area contributed by atoms with Crippen LogP contribution in [0.2, 0.25) is 0 Å². The van der Waals surface area contributed by atoms with Crippen molar-refractivity contribution in [3.8, 4) is 0 Å². The van der Waals surface area contributed by atoms with Crippen molar-refractivity contribution < 1.29 is 0 Å². The first-order valence-electron chi connectivity index (χ1n) is 6.48. The molecule has 0 saturated heterocycles. The van der Waals surface area contributed by atoms with E-state index in [0.717, 1.165) is 11.8 Å². The van der Waals surface area contributed by atoms with Crippen LogP contribution in [-0.2, 0) is 0 Å². The molecule has 0 nitrogen and oxygen atoms in total. The SMILES string of the molecule is CCCC(C)CCC=CCC1CCC1. The van der Waals surface area contributed by atoms with Crippen LogP contribution in [0, 0.1) is 11.8 Å². The van der Waals surface area contributed by atoms with Gasteiger partial charge >= 0.3 is 0 Å². The molecule has 0 spiro atoms. The highest BCUT2D eigenvalue weighted by atomic mass is 14.2. The Kier molecular flexibility index (Phi) is 5.98. The smallest absolute Gasteiger partial charge is 0.0322 e. The van der Waals surface area contributed by atoms with Crippen molar-refractivity contribution in [3.63, 3.8) is 0 Å². The summed E-state index contributed by atoms with van der Waals surface area (Å²) in [5.74, 6) is 1.97. The van der Waals surface area contributed by atoms with Crippen LogP contribution >= 0.6 is 0 Å². The summed E-state index contributed by atoms with van der Waals surface area (Å²) < 4.78 is 0. The number of hydrogen-bond acceptors (Lipinski definition) is 0. The highest BCUT2D eigenvalue weighted by Gasteiger charge is 2.14. The maximum Gasteiger partial charge on any atom is -0.0322 e. The van der Waals surface area contributed by atoms with Crippen LogP contribution in [0.25, 0.3) is 0 Å². The van der Waals surface area contributed by atoms with Gasteiger partial charge in [0.25, 0.3) is 0 Å². The molecule has 0 aromatic heterocycles. The summed E-state index contributed by atoms with van der Waals surface area (Å²) in [6.07, 6.45) is 16.0. The Balaban J connectivity index is 1.91. The van der Waals surface area contributed by atoms with Crippen molar-refractivity contribution in [2.24, 2.45) is 11.8 Å². The van der Waals surface area contributed by atoms with Crippen molar-refractivity contribution in [1.82, 2.24) is 0 Å². The van der Waals surface area contributed by atoms with Gasteiger partial charge in [-0.05, 0) is 31.1 Å². The molecule has 0 radical (unpaired) electrons. The first-order valence-corrected chi connectivity index (χ1v) is 6.48. The van der Waals surface area contributed by atoms with Crippen molar-refractivity contribution in [1.29, 1.82) is 0 Å². The van der Waals surface area contributed by atoms with Crippen molar-refractivity contribution in [2.45, 2.75) is 65.2 Å². The fraction of sp³-hybridized carbons (Fsp3) is 0.857. The molecule has 14 heavy (non-hydrogen) atoms. The van der Waals surface area contributed by atoms with Crippen molar-refractivity contribution in [2.75, 3.05) is 0 Å². The van der Waals surface area contributed by atoms with Crippen LogP contribution in [-0.4, -0.2) is 0 Å². The van der Waals surface area contributed by atoms with E-state index in [1.807, 2.05) is 0 Å². The standard InChI is InChI=1S/C14H26/c1-3-8-13(2)9-5-4-6-10-14-11-7-12-14/h4,6,13-14H,3,5,7-12H2,1-2H3. The molecule has 1 rings (SSSR count). The fourth-order valence-corrected chi connectivity index (χ4v) is 2.15. The zero-order chi connectivity index (χ0) is 10.2. The van der Waals surface area contributed by atoms with E-state index in [9.17, 15) is 0 Å². The second-order valence-electron chi connectivity index (χ2n) is 4.98. The summed E-state index contributed by atoms with van der Waals surface area (Å²) in [4.78, 5) is 0. The van der Waals surface area contributed by atoms with Gasteiger partial charge in [-0.25, -0.2) is 0 Å². The van der Waals surface area contributed by atoms with Gasteiger partial charge in [0, 0.05) is 0 Å². The first kappa shape index (κ1) is 11.8. The molecule has 0 heteroatoms. The van der Waals surface area contributed by atoms with Gasteiger partial charge < -0.3 is 0 Å².